The van der Waals surface area contributed by atoms with Crippen LogP contribution in [0.1, 0.15) is 25.0 Å². The second-order valence-corrected chi connectivity index (χ2v) is 7.03. The van der Waals surface area contributed by atoms with Crippen LogP contribution in [0.25, 0.3) is 0 Å². The average molecular weight is 371 g/mol. The predicted molar refractivity (Wildman–Crippen MR) is 101 cm³/mol. The van der Waals surface area contributed by atoms with Crippen molar-refractivity contribution in [2.24, 2.45) is 0 Å². The van der Waals surface area contributed by atoms with Gasteiger partial charge in [-0.05, 0) is 44.4 Å². The smallest absolute Gasteiger partial charge is 0.267 e. The van der Waals surface area contributed by atoms with Crippen LogP contribution in [-0.4, -0.2) is 51.0 Å². The Morgan fingerprint density at radius 2 is 1.96 bits per heavy atom. The van der Waals surface area contributed by atoms with E-state index < -0.39 is 5.60 Å². The van der Waals surface area contributed by atoms with Crippen LogP contribution < -0.4 is 10.3 Å². The molecular formula is C20H25N3O4. The van der Waals surface area contributed by atoms with E-state index in [1.54, 1.807) is 17.9 Å². The van der Waals surface area contributed by atoms with E-state index in [1.165, 1.54) is 10.7 Å². The molecule has 1 atom stereocenters. The normalized spacial score (nSPS) is 20.1. The van der Waals surface area contributed by atoms with E-state index in [2.05, 4.69) is 5.10 Å². The molecule has 2 heterocycles. The highest BCUT2D eigenvalue weighted by molar-refractivity contribution is 5.75. The Hall–Kier alpha value is -2.67. The first-order valence-corrected chi connectivity index (χ1v) is 9.18. The van der Waals surface area contributed by atoms with Crippen molar-refractivity contribution in [1.29, 1.82) is 0 Å². The van der Waals surface area contributed by atoms with E-state index in [0.29, 0.717) is 43.8 Å². The molecule has 144 valence electrons. The van der Waals surface area contributed by atoms with E-state index in [1.807, 2.05) is 30.3 Å². The highest BCUT2D eigenvalue weighted by Crippen LogP contribution is 2.24. The van der Waals surface area contributed by atoms with Crippen LogP contribution in [0, 0.1) is 6.92 Å². The Morgan fingerprint density at radius 3 is 2.74 bits per heavy atom. The predicted octanol–water partition coefficient (Wildman–Crippen LogP) is 1.37. The number of para-hydroxylation sites is 1. The molecule has 1 aliphatic rings. The molecule has 1 unspecified atom stereocenters. The van der Waals surface area contributed by atoms with Crippen LogP contribution in [0.5, 0.6) is 5.75 Å². The van der Waals surface area contributed by atoms with Crippen molar-refractivity contribution in [3.05, 3.63) is 58.5 Å². The van der Waals surface area contributed by atoms with Gasteiger partial charge in [0.1, 0.15) is 24.5 Å². The van der Waals surface area contributed by atoms with Crippen LogP contribution in [0.3, 0.4) is 0 Å². The van der Waals surface area contributed by atoms with Gasteiger partial charge in [-0.25, -0.2) is 4.68 Å². The van der Waals surface area contributed by atoms with Gasteiger partial charge in [0, 0.05) is 19.2 Å². The molecule has 1 aliphatic heterocycles. The molecule has 1 N–H and O–H groups in total. The lowest BCUT2D eigenvalue weighted by molar-refractivity contribution is -0.132. The van der Waals surface area contributed by atoms with Gasteiger partial charge in [-0.3, -0.25) is 9.59 Å². The Labute approximate surface area is 158 Å². The summed E-state index contributed by atoms with van der Waals surface area (Å²) in [4.78, 5) is 26.1. The van der Waals surface area contributed by atoms with E-state index >= 15 is 0 Å². The van der Waals surface area contributed by atoms with Gasteiger partial charge in [-0.2, -0.15) is 5.10 Å². The number of carbonyl (C=O) groups excluding carboxylic acids is 1. The molecule has 1 fully saturated rings. The zero-order chi connectivity index (χ0) is 19.3. The Balaban J connectivity index is 1.57. The first kappa shape index (κ1) is 19.1. The van der Waals surface area contributed by atoms with Gasteiger partial charge in [0.15, 0.2) is 0 Å². The molecule has 1 aromatic heterocycles. The van der Waals surface area contributed by atoms with Crippen molar-refractivity contribution in [3.8, 4) is 5.75 Å². The number of aliphatic hydroxyl groups is 1. The van der Waals surface area contributed by atoms with Crippen molar-refractivity contribution >= 4 is 5.91 Å². The molecule has 0 bridgehead atoms. The highest BCUT2D eigenvalue weighted by atomic mass is 16.5. The minimum Gasteiger partial charge on any atom is -0.491 e. The van der Waals surface area contributed by atoms with Crippen LogP contribution in [-0.2, 0) is 11.3 Å². The van der Waals surface area contributed by atoms with Crippen molar-refractivity contribution in [1.82, 2.24) is 14.7 Å². The van der Waals surface area contributed by atoms with E-state index in [-0.39, 0.29) is 24.6 Å². The molecule has 1 aromatic carbocycles. The average Bonchev–Trinajstić information content (AvgIpc) is 2.86. The quantitative estimate of drug-likeness (QED) is 0.858. The fraction of sp³-hybridized carbons (Fsp3) is 0.450. The number of rotatable bonds is 5. The van der Waals surface area contributed by atoms with Gasteiger partial charge in [-0.1, -0.05) is 18.2 Å². The lowest BCUT2D eigenvalue weighted by Gasteiger charge is -2.27. The third-order valence-electron chi connectivity index (χ3n) is 4.81. The molecule has 0 saturated carbocycles. The molecule has 2 aromatic rings. The molecule has 27 heavy (non-hydrogen) atoms. The van der Waals surface area contributed by atoms with E-state index in [9.17, 15) is 14.7 Å². The number of hydrogen-bond donors (Lipinski definition) is 1. The Bertz CT molecular complexity index is 837. The van der Waals surface area contributed by atoms with Crippen LogP contribution in [0.2, 0.25) is 0 Å². The summed E-state index contributed by atoms with van der Waals surface area (Å²) in [6, 6.07) is 12.4. The van der Waals surface area contributed by atoms with Gasteiger partial charge in [0.2, 0.25) is 5.91 Å². The third-order valence-corrected chi connectivity index (χ3v) is 4.81. The molecular weight excluding hydrogens is 346 g/mol. The maximum absolute atomic E-state index is 12.6. The second-order valence-electron chi connectivity index (χ2n) is 7.03. The van der Waals surface area contributed by atoms with Crippen LogP contribution >= 0.6 is 0 Å². The van der Waals surface area contributed by atoms with Crippen molar-refractivity contribution in [3.63, 3.8) is 0 Å². The second kappa shape index (κ2) is 8.35. The zero-order valence-corrected chi connectivity index (χ0v) is 15.5. The number of aromatic nitrogens is 2. The summed E-state index contributed by atoms with van der Waals surface area (Å²) in [7, 11) is 0. The molecule has 7 heteroatoms. The SMILES string of the molecule is Cc1ccc(=O)n(CC(=O)N2CCCC(O)(COc3ccccc3)CC2)n1. The van der Waals surface area contributed by atoms with E-state index in [4.69, 9.17) is 4.74 Å². The van der Waals surface area contributed by atoms with Crippen LogP contribution in [0.15, 0.2) is 47.3 Å². The third kappa shape index (κ3) is 5.17. The van der Waals surface area contributed by atoms with Gasteiger partial charge >= 0.3 is 0 Å². The summed E-state index contributed by atoms with van der Waals surface area (Å²) in [6.45, 7) is 2.86. The summed E-state index contributed by atoms with van der Waals surface area (Å²) in [6.07, 6.45) is 1.67. The number of hydrogen-bond acceptors (Lipinski definition) is 5. The van der Waals surface area contributed by atoms with Gasteiger partial charge < -0.3 is 14.7 Å². The molecule has 1 amide bonds. The monoisotopic (exact) mass is 371 g/mol. The number of nitrogens with zero attached hydrogens (tertiary/aromatic N) is 3. The summed E-state index contributed by atoms with van der Waals surface area (Å²) in [5.41, 5.74) is -0.578. The van der Waals surface area contributed by atoms with Gasteiger partial charge in [0.05, 0.1) is 5.69 Å². The summed E-state index contributed by atoms with van der Waals surface area (Å²) in [5.74, 6) is 0.552. The lowest BCUT2D eigenvalue weighted by Crippen LogP contribution is -2.40. The topological polar surface area (TPSA) is 84.7 Å². The number of ether oxygens (including phenoxy) is 1. The minimum atomic E-state index is -0.969. The zero-order valence-electron chi connectivity index (χ0n) is 15.5. The maximum Gasteiger partial charge on any atom is 0.267 e. The fourth-order valence-electron chi connectivity index (χ4n) is 3.20. The number of carbonyl (C=O) groups is 1. The number of aryl methyl sites for hydroxylation is 1. The number of amides is 1. The standard InChI is InChI=1S/C20H25N3O4/c1-16-8-9-18(24)23(21-16)14-19(25)22-12-5-10-20(26,11-13-22)15-27-17-6-3-2-4-7-17/h2-4,6-9,26H,5,10-15H2,1H3. The van der Waals surface area contributed by atoms with Crippen molar-refractivity contribution < 1.29 is 14.6 Å². The first-order chi connectivity index (χ1) is 13.0. The largest absolute Gasteiger partial charge is 0.491 e. The summed E-state index contributed by atoms with van der Waals surface area (Å²) >= 11 is 0. The van der Waals surface area contributed by atoms with Crippen LogP contribution in [0.4, 0.5) is 0 Å². The molecule has 7 nitrogen and oxygen atoms in total. The van der Waals surface area contributed by atoms with Gasteiger partial charge in [0.25, 0.3) is 5.56 Å². The summed E-state index contributed by atoms with van der Waals surface area (Å²) in [5, 5.41) is 15.0. The molecule has 0 spiro atoms. The first-order valence-electron chi connectivity index (χ1n) is 9.18. The minimum absolute atomic E-state index is 0.0839. The van der Waals surface area contributed by atoms with Crippen molar-refractivity contribution in [2.75, 3.05) is 19.7 Å². The Kier molecular flexibility index (Phi) is 5.91. The summed E-state index contributed by atoms with van der Waals surface area (Å²) < 4.78 is 6.90. The number of benzene rings is 1. The number of likely N-dealkylation sites (tertiary alicyclic amines) is 1. The molecule has 0 radical (unpaired) electrons. The van der Waals surface area contributed by atoms with E-state index in [0.717, 1.165) is 0 Å². The molecule has 3 rings (SSSR count). The fourth-order valence-corrected chi connectivity index (χ4v) is 3.20. The maximum atomic E-state index is 12.6. The van der Waals surface area contributed by atoms with Crippen molar-refractivity contribution in [2.45, 2.75) is 38.3 Å². The Morgan fingerprint density at radius 1 is 1.19 bits per heavy atom. The molecule has 1 saturated heterocycles. The molecule has 0 aliphatic carbocycles. The lowest BCUT2D eigenvalue weighted by atomic mass is 9.96. The van der Waals surface area contributed by atoms with Gasteiger partial charge in [-0.15, -0.1) is 0 Å². The highest BCUT2D eigenvalue weighted by Gasteiger charge is 2.32.